The fraction of sp³-hybridized carbons (Fsp3) is 0. The Labute approximate surface area is 155 Å². The number of hydrogen-bond acceptors (Lipinski definition) is 4. The Bertz CT molecular complexity index is 880. The van der Waals surface area contributed by atoms with Crippen LogP contribution in [0.15, 0.2) is 57.9 Å². The zero-order valence-electron chi connectivity index (χ0n) is 12.0. The normalized spacial score (nSPS) is 16.1. The fourth-order valence-corrected chi connectivity index (χ4v) is 3.51. The molecular weight excluding hydrogens is 414 g/mol. The molecule has 0 atom stereocenters. The molecule has 0 aliphatic carbocycles. The van der Waals surface area contributed by atoms with Gasteiger partial charge in [-0.15, -0.1) is 0 Å². The van der Waals surface area contributed by atoms with Crippen molar-refractivity contribution < 1.29 is 14.4 Å². The molecule has 0 spiro atoms. The van der Waals surface area contributed by atoms with E-state index in [9.17, 15) is 14.4 Å². The Kier molecular flexibility index (Phi) is 4.89. The van der Waals surface area contributed by atoms with Crippen molar-refractivity contribution in [1.29, 1.82) is 0 Å². The first-order chi connectivity index (χ1) is 11.5. The van der Waals surface area contributed by atoms with E-state index in [0.29, 0.717) is 14.4 Å². The predicted molar refractivity (Wildman–Crippen MR) is 97.7 cm³/mol. The number of carbonyl (C=O) groups is 3. The summed E-state index contributed by atoms with van der Waals surface area (Å²) in [5, 5.41) is -0.0367. The van der Waals surface area contributed by atoms with Gasteiger partial charge in [0.25, 0.3) is 11.8 Å². The first-order valence-electron chi connectivity index (χ1n) is 6.80. The third-order valence-electron chi connectivity index (χ3n) is 3.27. The van der Waals surface area contributed by atoms with Crippen LogP contribution in [0.25, 0.3) is 6.08 Å². The van der Waals surface area contributed by atoms with Crippen molar-refractivity contribution in [3.05, 3.63) is 74.1 Å². The second kappa shape index (κ2) is 6.93. The minimum atomic E-state index is -0.649. The summed E-state index contributed by atoms with van der Waals surface area (Å²) >= 11 is 9.82. The highest BCUT2D eigenvalue weighted by Gasteiger charge is 2.40. The molecule has 2 aromatic rings. The average molecular weight is 423 g/mol. The largest absolute Gasteiger partial charge is 0.300 e. The first kappa shape index (κ1) is 17.0. The number of benzene rings is 2. The lowest BCUT2D eigenvalue weighted by atomic mass is 10.2. The lowest BCUT2D eigenvalue weighted by molar-refractivity contribution is -0.120. The molecule has 4 nitrogen and oxygen atoms in total. The summed E-state index contributed by atoms with van der Waals surface area (Å²) in [5.74, 6) is -1.27. The van der Waals surface area contributed by atoms with Crippen LogP contribution in [-0.4, -0.2) is 22.0 Å². The van der Waals surface area contributed by atoms with Crippen molar-refractivity contribution in [3.63, 3.8) is 0 Å². The lowest BCUT2D eigenvalue weighted by Crippen LogP contribution is -2.35. The minimum absolute atomic E-state index is 0.197. The molecule has 1 saturated heterocycles. The molecule has 0 aromatic heterocycles. The summed E-state index contributed by atoms with van der Waals surface area (Å²) in [6.45, 7) is 0. The van der Waals surface area contributed by atoms with Gasteiger partial charge in [-0.05, 0) is 63.6 Å². The number of imide groups is 3. The standard InChI is InChI=1S/C17H9BrClNO3S/c18-13-4-2-1-3-12(13)15(21)20-16(22)14(24-17(20)23)9-10-5-7-11(19)8-6-10/h1-9H/b14-9-. The zero-order valence-corrected chi connectivity index (χ0v) is 15.2. The number of carbonyl (C=O) groups excluding carboxylic acids is 3. The van der Waals surface area contributed by atoms with E-state index < -0.39 is 17.1 Å². The highest BCUT2D eigenvalue weighted by Crippen LogP contribution is 2.34. The number of rotatable bonds is 2. The monoisotopic (exact) mass is 421 g/mol. The lowest BCUT2D eigenvalue weighted by Gasteiger charge is -2.11. The maximum atomic E-state index is 12.5. The van der Waals surface area contributed by atoms with Gasteiger partial charge in [-0.2, -0.15) is 0 Å². The summed E-state index contributed by atoms with van der Waals surface area (Å²) in [6, 6.07) is 13.5. The second-order valence-corrected chi connectivity index (χ2v) is 7.14. The van der Waals surface area contributed by atoms with E-state index in [1.165, 1.54) is 0 Å². The van der Waals surface area contributed by atoms with E-state index in [2.05, 4.69) is 15.9 Å². The van der Waals surface area contributed by atoms with Crippen LogP contribution in [-0.2, 0) is 4.79 Å². The summed E-state index contributed by atoms with van der Waals surface area (Å²) < 4.78 is 0.524. The van der Waals surface area contributed by atoms with Gasteiger partial charge in [0.15, 0.2) is 0 Å². The Morgan fingerprint density at radius 1 is 1.08 bits per heavy atom. The number of halogens is 2. The van der Waals surface area contributed by atoms with Crippen molar-refractivity contribution >= 4 is 62.4 Å². The van der Waals surface area contributed by atoms with Crippen molar-refractivity contribution in [3.8, 4) is 0 Å². The van der Waals surface area contributed by atoms with Gasteiger partial charge in [-0.3, -0.25) is 14.4 Å². The van der Waals surface area contributed by atoms with E-state index in [1.54, 1.807) is 54.6 Å². The van der Waals surface area contributed by atoms with Crippen LogP contribution in [0.5, 0.6) is 0 Å². The van der Waals surface area contributed by atoms with Crippen molar-refractivity contribution in [2.45, 2.75) is 0 Å². The van der Waals surface area contributed by atoms with Crippen LogP contribution < -0.4 is 0 Å². The van der Waals surface area contributed by atoms with Gasteiger partial charge in [-0.25, -0.2) is 4.90 Å². The van der Waals surface area contributed by atoms with Gasteiger partial charge >= 0.3 is 5.24 Å². The first-order valence-corrected chi connectivity index (χ1v) is 8.78. The quantitative estimate of drug-likeness (QED) is 0.506. The van der Waals surface area contributed by atoms with Crippen molar-refractivity contribution in [2.75, 3.05) is 0 Å². The smallest absolute Gasteiger partial charge is 0.268 e. The Hall–Kier alpha value is -1.89. The van der Waals surface area contributed by atoms with Gasteiger partial charge in [0.05, 0.1) is 10.5 Å². The van der Waals surface area contributed by atoms with Crippen LogP contribution in [0.2, 0.25) is 5.02 Å². The summed E-state index contributed by atoms with van der Waals surface area (Å²) in [4.78, 5) is 38.0. The highest BCUT2D eigenvalue weighted by molar-refractivity contribution is 9.10. The molecule has 7 heteroatoms. The fourth-order valence-electron chi connectivity index (χ4n) is 2.11. The molecular formula is C17H9BrClNO3S. The molecule has 1 fully saturated rings. The van der Waals surface area contributed by atoms with Crippen LogP contribution in [0.1, 0.15) is 15.9 Å². The topological polar surface area (TPSA) is 54.5 Å². The van der Waals surface area contributed by atoms with Crippen molar-refractivity contribution in [1.82, 2.24) is 4.90 Å². The summed E-state index contributed by atoms with van der Waals surface area (Å²) in [5.41, 5.74) is 0.978. The molecule has 0 radical (unpaired) electrons. The number of thioether (sulfide) groups is 1. The Morgan fingerprint density at radius 2 is 1.75 bits per heavy atom. The molecule has 1 aliphatic heterocycles. The second-order valence-electron chi connectivity index (χ2n) is 4.85. The molecule has 3 rings (SSSR count). The van der Waals surface area contributed by atoms with Crippen LogP contribution in [0, 0.1) is 0 Å². The summed E-state index contributed by atoms with van der Waals surface area (Å²) in [7, 11) is 0. The molecule has 120 valence electrons. The number of amides is 3. The van der Waals surface area contributed by atoms with E-state index in [-0.39, 0.29) is 10.5 Å². The SMILES string of the molecule is O=C1S/C(=C\c2ccc(Cl)cc2)C(=O)N1C(=O)c1ccccc1Br. The van der Waals surface area contributed by atoms with Crippen LogP contribution in [0.3, 0.4) is 0 Å². The maximum Gasteiger partial charge on any atom is 0.300 e. The minimum Gasteiger partial charge on any atom is -0.268 e. The molecule has 0 bridgehead atoms. The average Bonchev–Trinajstić information content (AvgIpc) is 2.83. The van der Waals surface area contributed by atoms with Crippen molar-refractivity contribution in [2.24, 2.45) is 0 Å². The van der Waals surface area contributed by atoms with Crippen LogP contribution in [0.4, 0.5) is 4.79 Å². The molecule has 2 aromatic carbocycles. The van der Waals surface area contributed by atoms with E-state index >= 15 is 0 Å². The summed E-state index contributed by atoms with van der Waals surface area (Å²) in [6.07, 6.45) is 1.56. The van der Waals surface area contributed by atoms with E-state index in [1.807, 2.05) is 0 Å². The van der Waals surface area contributed by atoms with Gasteiger partial charge in [0.2, 0.25) is 0 Å². The van der Waals surface area contributed by atoms with Gasteiger partial charge in [-0.1, -0.05) is 35.9 Å². The zero-order chi connectivity index (χ0) is 17.3. The maximum absolute atomic E-state index is 12.5. The molecule has 0 saturated carbocycles. The number of hydrogen-bond donors (Lipinski definition) is 0. The molecule has 1 heterocycles. The van der Waals surface area contributed by atoms with E-state index in [0.717, 1.165) is 17.3 Å². The van der Waals surface area contributed by atoms with E-state index in [4.69, 9.17) is 11.6 Å². The van der Waals surface area contributed by atoms with Gasteiger partial charge < -0.3 is 0 Å². The highest BCUT2D eigenvalue weighted by atomic mass is 79.9. The molecule has 1 aliphatic rings. The van der Waals surface area contributed by atoms with Gasteiger partial charge in [0.1, 0.15) is 0 Å². The third kappa shape index (κ3) is 3.31. The Morgan fingerprint density at radius 3 is 2.42 bits per heavy atom. The third-order valence-corrected chi connectivity index (χ3v) is 5.08. The number of nitrogens with zero attached hydrogens (tertiary/aromatic N) is 1. The molecule has 0 N–H and O–H groups in total. The molecule has 24 heavy (non-hydrogen) atoms. The van der Waals surface area contributed by atoms with Gasteiger partial charge in [0, 0.05) is 9.50 Å². The molecule has 3 amide bonds. The Balaban J connectivity index is 1.91. The van der Waals surface area contributed by atoms with Crippen LogP contribution >= 0.6 is 39.3 Å². The predicted octanol–water partition coefficient (Wildman–Crippen LogP) is 4.98. The molecule has 0 unspecified atom stereocenters.